The van der Waals surface area contributed by atoms with Gasteiger partial charge < -0.3 is 9.30 Å². The summed E-state index contributed by atoms with van der Waals surface area (Å²) in [4.78, 5) is 4.69. The van der Waals surface area contributed by atoms with E-state index >= 15 is 0 Å². The first-order valence-electron chi connectivity index (χ1n) is 9.13. The van der Waals surface area contributed by atoms with E-state index in [1.165, 1.54) is 4.31 Å². The van der Waals surface area contributed by atoms with Gasteiger partial charge in [0, 0.05) is 25.5 Å². The minimum atomic E-state index is -3.58. The van der Waals surface area contributed by atoms with Crippen LogP contribution in [-0.4, -0.2) is 35.9 Å². The van der Waals surface area contributed by atoms with E-state index in [1.807, 2.05) is 61.0 Å². The van der Waals surface area contributed by atoms with E-state index in [0.29, 0.717) is 23.8 Å². The van der Waals surface area contributed by atoms with E-state index < -0.39 is 10.0 Å². The largest absolute Gasteiger partial charge is 0.497 e. The standard InChI is InChI=1S/C21H25N3O3S/c1-4-24(28(25,26)20-10-8-17(2)9-11-20)16-21-22-12-13-23(21)15-18-6-5-7-19(14-18)27-3/h5-14H,4,15-16H2,1-3H3. The Labute approximate surface area is 166 Å². The van der Waals surface area contributed by atoms with Crippen LogP contribution in [0.4, 0.5) is 0 Å². The number of rotatable bonds is 8. The Bertz CT molecular complexity index is 1030. The number of hydrogen-bond donors (Lipinski definition) is 0. The third-order valence-electron chi connectivity index (χ3n) is 4.62. The summed E-state index contributed by atoms with van der Waals surface area (Å²) in [6, 6.07) is 14.7. The Balaban J connectivity index is 1.82. The molecule has 0 aliphatic heterocycles. The predicted octanol–water partition coefficient (Wildman–Crippen LogP) is 3.46. The molecule has 1 aromatic heterocycles. The molecule has 0 bridgehead atoms. The predicted molar refractivity (Wildman–Crippen MR) is 109 cm³/mol. The van der Waals surface area contributed by atoms with Crippen molar-refractivity contribution in [1.82, 2.24) is 13.9 Å². The van der Waals surface area contributed by atoms with Crippen LogP contribution in [-0.2, 0) is 23.1 Å². The zero-order valence-corrected chi connectivity index (χ0v) is 17.2. The molecule has 0 fully saturated rings. The fourth-order valence-corrected chi connectivity index (χ4v) is 4.39. The van der Waals surface area contributed by atoms with Crippen molar-refractivity contribution in [3.8, 4) is 5.75 Å². The third kappa shape index (κ3) is 4.43. The van der Waals surface area contributed by atoms with Crippen molar-refractivity contribution in [2.75, 3.05) is 13.7 Å². The van der Waals surface area contributed by atoms with Crippen LogP contribution in [0.25, 0.3) is 0 Å². The number of nitrogens with zero attached hydrogens (tertiary/aromatic N) is 3. The fourth-order valence-electron chi connectivity index (χ4n) is 2.99. The Morgan fingerprint density at radius 1 is 1.14 bits per heavy atom. The second-order valence-corrected chi connectivity index (χ2v) is 8.51. The second-order valence-electron chi connectivity index (χ2n) is 6.57. The van der Waals surface area contributed by atoms with Crippen LogP contribution >= 0.6 is 0 Å². The molecule has 1 heterocycles. The van der Waals surface area contributed by atoms with E-state index in [0.717, 1.165) is 16.9 Å². The van der Waals surface area contributed by atoms with Crippen molar-refractivity contribution in [2.45, 2.75) is 31.8 Å². The molecule has 0 radical (unpaired) electrons. The lowest BCUT2D eigenvalue weighted by Crippen LogP contribution is -2.31. The molecule has 0 aliphatic rings. The minimum absolute atomic E-state index is 0.212. The number of imidazole rings is 1. The molecule has 0 spiro atoms. The highest BCUT2D eigenvalue weighted by Crippen LogP contribution is 2.19. The van der Waals surface area contributed by atoms with E-state index in [9.17, 15) is 8.42 Å². The van der Waals surface area contributed by atoms with Gasteiger partial charge in [0.25, 0.3) is 0 Å². The van der Waals surface area contributed by atoms with Crippen molar-refractivity contribution in [1.29, 1.82) is 0 Å². The van der Waals surface area contributed by atoms with E-state index in [4.69, 9.17) is 4.74 Å². The van der Waals surface area contributed by atoms with Gasteiger partial charge >= 0.3 is 0 Å². The monoisotopic (exact) mass is 399 g/mol. The number of aryl methyl sites for hydroxylation is 1. The summed E-state index contributed by atoms with van der Waals surface area (Å²) in [6.07, 6.45) is 3.56. The van der Waals surface area contributed by atoms with Crippen LogP contribution in [0.2, 0.25) is 0 Å². The first-order chi connectivity index (χ1) is 13.4. The Morgan fingerprint density at radius 3 is 2.57 bits per heavy atom. The lowest BCUT2D eigenvalue weighted by molar-refractivity contribution is 0.406. The quantitative estimate of drug-likeness (QED) is 0.582. The summed E-state index contributed by atoms with van der Waals surface area (Å²) in [5.41, 5.74) is 2.08. The summed E-state index contributed by atoms with van der Waals surface area (Å²) in [5.74, 6) is 1.48. The Morgan fingerprint density at radius 2 is 1.89 bits per heavy atom. The molecule has 0 atom stereocenters. The molecule has 148 valence electrons. The van der Waals surface area contributed by atoms with Crippen LogP contribution < -0.4 is 4.74 Å². The van der Waals surface area contributed by atoms with E-state index in [1.54, 1.807) is 25.4 Å². The van der Waals surface area contributed by atoms with Gasteiger partial charge in [-0.3, -0.25) is 0 Å². The average Bonchev–Trinajstić information content (AvgIpc) is 3.13. The zero-order chi connectivity index (χ0) is 20.1. The Kier molecular flexibility index (Phi) is 6.16. The zero-order valence-electron chi connectivity index (χ0n) is 16.4. The third-order valence-corrected chi connectivity index (χ3v) is 6.55. The molecule has 0 N–H and O–H groups in total. The number of hydrogen-bond acceptors (Lipinski definition) is 4. The molecule has 7 heteroatoms. The SMILES string of the molecule is CCN(Cc1nccn1Cc1cccc(OC)c1)S(=O)(=O)c1ccc(C)cc1. The first-order valence-corrected chi connectivity index (χ1v) is 10.6. The van der Waals surface area contributed by atoms with Crippen molar-refractivity contribution in [2.24, 2.45) is 0 Å². The second kappa shape index (κ2) is 8.58. The summed E-state index contributed by atoms with van der Waals surface area (Å²) in [6.45, 7) is 4.94. The van der Waals surface area contributed by atoms with Gasteiger partial charge in [0.15, 0.2) is 0 Å². The first kappa shape index (κ1) is 20.1. The fraction of sp³-hybridized carbons (Fsp3) is 0.286. The van der Waals surface area contributed by atoms with Crippen LogP contribution in [0.3, 0.4) is 0 Å². The summed E-state index contributed by atoms with van der Waals surface area (Å²) in [5, 5.41) is 0. The molecular formula is C21H25N3O3S. The van der Waals surface area contributed by atoms with Gasteiger partial charge in [-0.15, -0.1) is 0 Å². The highest BCUT2D eigenvalue weighted by atomic mass is 32.2. The summed E-state index contributed by atoms with van der Waals surface area (Å²) in [7, 11) is -1.95. The number of benzene rings is 2. The van der Waals surface area contributed by atoms with Crippen LogP contribution in [0, 0.1) is 6.92 Å². The molecule has 2 aromatic carbocycles. The maximum Gasteiger partial charge on any atom is 0.243 e. The molecule has 28 heavy (non-hydrogen) atoms. The van der Waals surface area contributed by atoms with Gasteiger partial charge in [-0.2, -0.15) is 4.31 Å². The van der Waals surface area contributed by atoms with Gasteiger partial charge in [0.1, 0.15) is 11.6 Å². The van der Waals surface area contributed by atoms with Gasteiger partial charge in [-0.05, 0) is 36.8 Å². The smallest absolute Gasteiger partial charge is 0.243 e. The van der Waals surface area contributed by atoms with Gasteiger partial charge in [0.05, 0.1) is 18.6 Å². The topological polar surface area (TPSA) is 64.4 Å². The van der Waals surface area contributed by atoms with Crippen molar-refractivity contribution in [3.63, 3.8) is 0 Å². The number of ether oxygens (including phenoxy) is 1. The van der Waals surface area contributed by atoms with Gasteiger partial charge in [-0.25, -0.2) is 13.4 Å². The normalized spacial score (nSPS) is 11.7. The summed E-state index contributed by atoms with van der Waals surface area (Å²) < 4.78 is 34.7. The number of aromatic nitrogens is 2. The summed E-state index contributed by atoms with van der Waals surface area (Å²) >= 11 is 0. The minimum Gasteiger partial charge on any atom is -0.497 e. The number of methoxy groups -OCH3 is 1. The van der Waals surface area contributed by atoms with Gasteiger partial charge in [-0.1, -0.05) is 36.8 Å². The molecule has 6 nitrogen and oxygen atoms in total. The number of sulfonamides is 1. The highest BCUT2D eigenvalue weighted by molar-refractivity contribution is 7.89. The van der Waals surface area contributed by atoms with Crippen molar-refractivity contribution in [3.05, 3.63) is 77.9 Å². The molecular weight excluding hydrogens is 374 g/mol. The van der Waals surface area contributed by atoms with Crippen molar-refractivity contribution < 1.29 is 13.2 Å². The van der Waals surface area contributed by atoms with E-state index in [2.05, 4.69) is 4.98 Å². The average molecular weight is 400 g/mol. The Hall–Kier alpha value is -2.64. The van der Waals surface area contributed by atoms with Crippen molar-refractivity contribution >= 4 is 10.0 Å². The highest BCUT2D eigenvalue weighted by Gasteiger charge is 2.24. The molecule has 3 aromatic rings. The van der Waals surface area contributed by atoms with Crippen LogP contribution in [0.15, 0.2) is 65.8 Å². The molecule has 0 aliphatic carbocycles. The molecule has 0 amide bonds. The van der Waals surface area contributed by atoms with Gasteiger partial charge in [0.2, 0.25) is 10.0 Å². The molecule has 0 unspecified atom stereocenters. The van der Waals surface area contributed by atoms with Crippen LogP contribution in [0.1, 0.15) is 23.9 Å². The lowest BCUT2D eigenvalue weighted by Gasteiger charge is -2.21. The van der Waals surface area contributed by atoms with E-state index in [-0.39, 0.29) is 6.54 Å². The molecule has 0 saturated heterocycles. The maximum absolute atomic E-state index is 13.0. The molecule has 0 saturated carbocycles. The molecule has 3 rings (SSSR count). The maximum atomic E-state index is 13.0. The lowest BCUT2D eigenvalue weighted by atomic mass is 10.2. The van der Waals surface area contributed by atoms with Crippen LogP contribution in [0.5, 0.6) is 5.75 Å².